The molecule has 156 valence electrons. The number of amides is 1. The van der Waals surface area contributed by atoms with Crippen LogP contribution in [0.4, 0.5) is 0 Å². The van der Waals surface area contributed by atoms with Gasteiger partial charge in [0.15, 0.2) is 5.78 Å². The van der Waals surface area contributed by atoms with Crippen molar-refractivity contribution in [3.8, 4) is 0 Å². The van der Waals surface area contributed by atoms with Gasteiger partial charge in [-0.15, -0.1) is 0 Å². The minimum absolute atomic E-state index is 0.00346. The first kappa shape index (κ1) is 21.5. The molecule has 0 bridgehead atoms. The van der Waals surface area contributed by atoms with Crippen molar-refractivity contribution in [3.63, 3.8) is 0 Å². The highest BCUT2D eigenvalue weighted by Crippen LogP contribution is 2.37. The van der Waals surface area contributed by atoms with Crippen molar-refractivity contribution in [2.24, 2.45) is 5.92 Å². The van der Waals surface area contributed by atoms with Gasteiger partial charge in [-0.3, -0.25) is 14.4 Å². The number of hydrogen-bond donors (Lipinski definition) is 2. The standard InChI is InChI=1S/C25H28N2O3/c1-15-12-16(2)22(17(3)13-15)23-21(28)14-20(24(23)29)10-11-26-18(4)27-25(30)19-8-6-5-7-9-19/h5-9,12-13,20,23,26H,4,10-11,14H2,1-3H3,(H,27,30). The van der Waals surface area contributed by atoms with Crippen LogP contribution in [-0.2, 0) is 9.59 Å². The number of benzene rings is 2. The van der Waals surface area contributed by atoms with Crippen molar-refractivity contribution in [1.82, 2.24) is 10.6 Å². The highest BCUT2D eigenvalue weighted by Gasteiger charge is 2.42. The van der Waals surface area contributed by atoms with E-state index in [0.717, 1.165) is 22.3 Å². The van der Waals surface area contributed by atoms with Gasteiger partial charge in [0.05, 0.1) is 5.82 Å². The Bertz CT molecular complexity index is 972. The number of carbonyl (C=O) groups excluding carboxylic acids is 3. The van der Waals surface area contributed by atoms with Gasteiger partial charge in [-0.25, -0.2) is 0 Å². The zero-order valence-corrected chi connectivity index (χ0v) is 17.7. The molecular formula is C25H28N2O3. The fourth-order valence-corrected chi connectivity index (χ4v) is 4.29. The average molecular weight is 405 g/mol. The molecule has 2 N–H and O–H groups in total. The van der Waals surface area contributed by atoms with E-state index in [1.165, 1.54) is 0 Å². The summed E-state index contributed by atoms with van der Waals surface area (Å²) >= 11 is 0. The van der Waals surface area contributed by atoms with Crippen molar-refractivity contribution in [1.29, 1.82) is 0 Å². The van der Waals surface area contributed by atoms with Crippen LogP contribution in [0.25, 0.3) is 0 Å². The zero-order valence-electron chi connectivity index (χ0n) is 17.7. The molecule has 2 atom stereocenters. The Morgan fingerprint density at radius 2 is 1.70 bits per heavy atom. The maximum Gasteiger partial charge on any atom is 0.256 e. The predicted octanol–water partition coefficient (Wildman–Crippen LogP) is 3.73. The van der Waals surface area contributed by atoms with Gasteiger partial charge in [-0.1, -0.05) is 42.5 Å². The lowest BCUT2D eigenvalue weighted by Crippen LogP contribution is -2.32. The molecule has 2 aromatic carbocycles. The first-order chi connectivity index (χ1) is 14.3. The van der Waals surface area contributed by atoms with E-state index in [1.54, 1.807) is 24.3 Å². The van der Waals surface area contributed by atoms with Crippen molar-refractivity contribution < 1.29 is 14.4 Å². The Kier molecular flexibility index (Phi) is 6.50. The second-order valence-corrected chi connectivity index (χ2v) is 8.03. The molecule has 1 aliphatic rings. The third-order valence-electron chi connectivity index (χ3n) is 5.61. The molecule has 1 saturated carbocycles. The molecule has 5 nitrogen and oxygen atoms in total. The summed E-state index contributed by atoms with van der Waals surface area (Å²) in [5.41, 5.74) is 4.53. The summed E-state index contributed by atoms with van der Waals surface area (Å²) in [7, 11) is 0. The van der Waals surface area contributed by atoms with Crippen LogP contribution in [0, 0.1) is 26.7 Å². The molecule has 1 aliphatic carbocycles. The molecule has 2 unspecified atom stereocenters. The summed E-state index contributed by atoms with van der Waals surface area (Å²) in [4.78, 5) is 37.8. The van der Waals surface area contributed by atoms with E-state index in [4.69, 9.17) is 0 Å². The Morgan fingerprint density at radius 1 is 1.07 bits per heavy atom. The molecule has 3 rings (SSSR count). The topological polar surface area (TPSA) is 75.3 Å². The quantitative estimate of drug-likeness (QED) is 0.690. The van der Waals surface area contributed by atoms with Gasteiger partial charge < -0.3 is 10.6 Å². The number of rotatable bonds is 7. The first-order valence-electron chi connectivity index (χ1n) is 10.2. The van der Waals surface area contributed by atoms with Gasteiger partial charge in [-0.2, -0.15) is 0 Å². The lowest BCUT2D eigenvalue weighted by Gasteiger charge is -2.17. The number of aryl methyl sites for hydroxylation is 3. The van der Waals surface area contributed by atoms with Gasteiger partial charge in [0.2, 0.25) is 0 Å². The van der Waals surface area contributed by atoms with E-state index in [-0.39, 0.29) is 29.8 Å². The largest absolute Gasteiger partial charge is 0.372 e. The van der Waals surface area contributed by atoms with Crippen LogP contribution < -0.4 is 10.6 Å². The smallest absolute Gasteiger partial charge is 0.256 e. The minimum Gasteiger partial charge on any atom is -0.372 e. The maximum atomic E-state index is 13.0. The van der Waals surface area contributed by atoms with Crippen LogP contribution in [0.15, 0.2) is 54.9 Å². The summed E-state index contributed by atoms with van der Waals surface area (Å²) in [6.07, 6.45) is 0.784. The van der Waals surface area contributed by atoms with Crippen molar-refractivity contribution in [2.75, 3.05) is 6.54 Å². The van der Waals surface area contributed by atoms with E-state index in [2.05, 4.69) is 17.2 Å². The summed E-state index contributed by atoms with van der Waals surface area (Å²) in [5.74, 6) is -0.843. The highest BCUT2D eigenvalue weighted by molar-refractivity contribution is 6.15. The highest BCUT2D eigenvalue weighted by atomic mass is 16.2. The van der Waals surface area contributed by atoms with Gasteiger partial charge in [0.25, 0.3) is 5.91 Å². The van der Waals surface area contributed by atoms with Crippen molar-refractivity contribution in [3.05, 3.63) is 82.7 Å². The van der Waals surface area contributed by atoms with Gasteiger partial charge >= 0.3 is 0 Å². The molecule has 1 amide bonds. The van der Waals surface area contributed by atoms with Crippen LogP contribution in [-0.4, -0.2) is 24.0 Å². The van der Waals surface area contributed by atoms with Gasteiger partial charge in [0.1, 0.15) is 11.7 Å². The Balaban J connectivity index is 1.56. The molecule has 0 radical (unpaired) electrons. The van der Waals surface area contributed by atoms with Crippen molar-refractivity contribution in [2.45, 2.75) is 39.5 Å². The normalized spacial score (nSPS) is 18.4. The molecule has 30 heavy (non-hydrogen) atoms. The predicted molar refractivity (Wildman–Crippen MR) is 117 cm³/mol. The number of nitrogens with one attached hydrogen (secondary N) is 2. The lowest BCUT2D eigenvalue weighted by molar-refractivity contribution is -0.124. The minimum atomic E-state index is -0.656. The van der Waals surface area contributed by atoms with E-state index in [9.17, 15) is 14.4 Å². The molecule has 0 spiro atoms. The van der Waals surface area contributed by atoms with E-state index in [1.807, 2.05) is 39.0 Å². The molecular weight excluding hydrogens is 376 g/mol. The molecule has 5 heteroatoms. The summed E-state index contributed by atoms with van der Waals surface area (Å²) < 4.78 is 0. The van der Waals surface area contributed by atoms with Crippen LogP contribution in [0.2, 0.25) is 0 Å². The van der Waals surface area contributed by atoms with E-state index >= 15 is 0 Å². The van der Waals surface area contributed by atoms with Crippen molar-refractivity contribution >= 4 is 17.5 Å². The third-order valence-corrected chi connectivity index (χ3v) is 5.61. The molecule has 0 aromatic heterocycles. The van der Waals surface area contributed by atoms with Gasteiger partial charge in [-0.05, 0) is 56.0 Å². The molecule has 0 aliphatic heterocycles. The number of hydrogen-bond acceptors (Lipinski definition) is 4. The molecule has 0 saturated heterocycles. The first-order valence-corrected chi connectivity index (χ1v) is 10.2. The Morgan fingerprint density at radius 3 is 2.33 bits per heavy atom. The van der Waals surface area contributed by atoms with E-state index < -0.39 is 5.92 Å². The fourth-order valence-electron chi connectivity index (χ4n) is 4.29. The summed E-state index contributed by atoms with van der Waals surface area (Å²) in [6, 6.07) is 12.9. The number of Topliss-reactive ketones (excluding diaryl/α,β-unsaturated/α-hetero) is 2. The maximum absolute atomic E-state index is 13.0. The fraction of sp³-hybridized carbons (Fsp3) is 0.320. The monoisotopic (exact) mass is 404 g/mol. The third kappa shape index (κ3) is 4.67. The van der Waals surface area contributed by atoms with Crippen LogP contribution in [0.3, 0.4) is 0 Å². The van der Waals surface area contributed by atoms with E-state index in [0.29, 0.717) is 24.4 Å². The molecule has 2 aromatic rings. The van der Waals surface area contributed by atoms with Gasteiger partial charge in [0, 0.05) is 24.4 Å². The number of ketones is 2. The average Bonchev–Trinajstić information content (AvgIpc) is 2.96. The van der Waals surface area contributed by atoms with Crippen LogP contribution >= 0.6 is 0 Å². The zero-order chi connectivity index (χ0) is 21.8. The summed E-state index contributed by atoms with van der Waals surface area (Å²) in [6.45, 7) is 10.2. The summed E-state index contributed by atoms with van der Waals surface area (Å²) in [5, 5.41) is 5.74. The Hall–Kier alpha value is -3.21. The second kappa shape index (κ2) is 9.08. The van der Waals surface area contributed by atoms with Crippen LogP contribution in [0.1, 0.15) is 51.4 Å². The molecule has 1 fully saturated rings. The molecule has 0 heterocycles. The van der Waals surface area contributed by atoms with Crippen LogP contribution in [0.5, 0.6) is 0 Å². The SMILES string of the molecule is C=C(NCCC1CC(=O)C(c2c(C)cc(C)cc2C)C1=O)NC(=O)c1ccccc1. The Labute approximate surface area is 177 Å². The number of carbonyl (C=O) groups is 3. The lowest BCUT2D eigenvalue weighted by atomic mass is 9.86. The second-order valence-electron chi connectivity index (χ2n) is 8.03.